The molecular formula is C20H20N2O3S. The van der Waals surface area contributed by atoms with E-state index in [1.165, 1.54) is 6.07 Å². The molecule has 6 heteroatoms. The second-order valence-corrected chi connectivity index (χ2v) is 6.24. The molecule has 134 valence electrons. The molecule has 3 rings (SSSR count). The summed E-state index contributed by atoms with van der Waals surface area (Å²) in [5, 5.41) is 14.1. The van der Waals surface area contributed by atoms with Crippen molar-refractivity contribution in [3.63, 3.8) is 0 Å². The van der Waals surface area contributed by atoms with E-state index < -0.39 is 5.63 Å². The predicted molar refractivity (Wildman–Crippen MR) is 109 cm³/mol. The van der Waals surface area contributed by atoms with E-state index >= 15 is 0 Å². The molecule has 0 radical (unpaired) electrons. The number of nitrogens with one attached hydrogen (secondary N) is 1. The third-order valence-corrected chi connectivity index (χ3v) is 4.58. The van der Waals surface area contributed by atoms with Crippen molar-refractivity contribution >= 4 is 34.0 Å². The summed E-state index contributed by atoms with van der Waals surface area (Å²) in [6, 6.07) is 13.9. The third kappa shape index (κ3) is 3.70. The maximum absolute atomic E-state index is 12.3. The van der Waals surface area contributed by atoms with Crippen molar-refractivity contribution in [1.29, 1.82) is 0 Å². The molecule has 0 aliphatic heterocycles. The van der Waals surface area contributed by atoms with Gasteiger partial charge < -0.3 is 19.7 Å². The van der Waals surface area contributed by atoms with Crippen LogP contribution in [0.15, 0.2) is 57.7 Å². The van der Waals surface area contributed by atoms with Crippen molar-refractivity contribution in [3.05, 3.63) is 59.0 Å². The van der Waals surface area contributed by atoms with Crippen LogP contribution in [0.3, 0.4) is 0 Å². The second kappa shape index (κ2) is 7.58. The van der Waals surface area contributed by atoms with Crippen LogP contribution in [0.4, 0.5) is 5.69 Å². The van der Waals surface area contributed by atoms with Crippen molar-refractivity contribution in [3.8, 4) is 16.9 Å². The summed E-state index contributed by atoms with van der Waals surface area (Å²) in [6.45, 7) is 5.79. The summed E-state index contributed by atoms with van der Waals surface area (Å²) in [5.41, 5.74) is 2.01. The molecule has 1 aromatic heterocycles. The van der Waals surface area contributed by atoms with Gasteiger partial charge in [0.1, 0.15) is 11.3 Å². The topological polar surface area (TPSA) is 65.7 Å². The SMILES string of the molecule is CCN(CC)C(=S)Nc1ccc(-c2cc3ccc(O)cc3oc2=O)cc1. The first kappa shape index (κ1) is 17.9. The lowest BCUT2D eigenvalue weighted by Gasteiger charge is -2.22. The molecule has 3 aromatic rings. The highest BCUT2D eigenvalue weighted by atomic mass is 32.1. The lowest BCUT2D eigenvalue weighted by atomic mass is 10.1. The van der Waals surface area contributed by atoms with E-state index in [9.17, 15) is 9.90 Å². The lowest BCUT2D eigenvalue weighted by molar-refractivity contribution is 0.473. The molecule has 2 N–H and O–H groups in total. The van der Waals surface area contributed by atoms with Gasteiger partial charge in [0.05, 0.1) is 5.56 Å². The van der Waals surface area contributed by atoms with Gasteiger partial charge in [0.2, 0.25) is 0 Å². The molecule has 0 bridgehead atoms. The minimum atomic E-state index is -0.442. The number of hydrogen-bond acceptors (Lipinski definition) is 4. The first-order chi connectivity index (χ1) is 12.5. The third-order valence-electron chi connectivity index (χ3n) is 4.22. The predicted octanol–water partition coefficient (Wildman–Crippen LogP) is 4.20. The first-order valence-corrected chi connectivity index (χ1v) is 8.86. The molecule has 5 nitrogen and oxygen atoms in total. The number of fused-ring (bicyclic) bond motifs is 1. The Balaban J connectivity index is 1.88. The van der Waals surface area contributed by atoms with Gasteiger partial charge in [0.15, 0.2) is 5.11 Å². The highest BCUT2D eigenvalue weighted by molar-refractivity contribution is 7.80. The summed E-state index contributed by atoms with van der Waals surface area (Å²) in [4.78, 5) is 14.3. The molecular weight excluding hydrogens is 348 g/mol. The average molecular weight is 368 g/mol. The number of phenols is 1. The summed E-state index contributed by atoms with van der Waals surface area (Å²) in [6.07, 6.45) is 0. The van der Waals surface area contributed by atoms with Gasteiger partial charge in [-0.1, -0.05) is 12.1 Å². The fourth-order valence-corrected chi connectivity index (χ4v) is 3.12. The fourth-order valence-electron chi connectivity index (χ4n) is 2.75. The molecule has 0 fully saturated rings. The van der Waals surface area contributed by atoms with E-state index in [0.717, 1.165) is 29.7 Å². The highest BCUT2D eigenvalue weighted by Gasteiger charge is 2.10. The Morgan fingerprint density at radius 1 is 1.12 bits per heavy atom. The molecule has 1 heterocycles. The molecule has 0 saturated carbocycles. The number of rotatable bonds is 4. The number of thiocarbonyl (C=S) groups is 1. The molecule has 2 aromatic carbocycles. The smallest absolute Gasteiger partial charge is 0.344 e. The maximum Gasteiger partial charge on any atom is 0.344 e. The van der Waals surface area contributed by atoms with Gasteiger partial charge in [0, 0.05) is 30.2 Å². The fraction of sp³-hybridized carbons (Fsp3) is 0.200. The lowest BCUT2D eigenvalue weighted by Crippen LogP contribution is -2.34. The highest BCUT2D eigenvalue weighted by Crippen LogP contribution is 2.24. The number of nitrogens with zero attached hydrogens (tertiary/aromatic N) is 1. The largest absolute Gasteiger partial charge is 0.508 e. The Morgan fingerprint density at radius 3 is 2.46 bits per heavy atom. The van der Waals surface area contributed by atoms with Gasteiger partial charge in [-0.25, -0.2) is 4.79 Å². The minimum absolute atomic E-state index is 0.0630. The van der Waals surface area contributed by atoms with Crippen LogP contribution in [0.1, 0.15) is 13.8 Å². The zero-order valence-electron chi connectivity index (χ0n) is 14.7. The number of benzene rings is 2. The molecule has 0 unspecified atom stereocenters. The Labute approximate surface area is 156 Å². The Bertz CT molecular complexity index is 992. The number of anilines is 1. The van der Waals surface area contributed by atoms with Crippen molar-refractivity contribution in [2.75, 3.05) is 18.4 Å². The number of phenolic OH excluding ortho intramolecular Hbond substituents is 1. The van der Waals surface area contributed by atoms with Crippen LogP contribution in [0.25, 0.3) is 22.1 Å². The van der Waals surface area contributed by atoms with Crippen molar-refractivity contribution in [2.45, 2.75) is 13.8 Å². The van der Waals surface area contributed by atoms with E-state index in [0.29, 0.717) is 16.3 Å². The molecule has 0 aliphatic carbocycles. The molecule has 0 spiro atoms. The van der Waals surface area contributed by atoms with Crippen LogP contribution in [0, 0.1) is 0 Å². The van der Waals surface area contributed by atoms with E-state index in [4.69, 9.17) is 16.6 Å². The quantitative estimate of drug-likeness (QED) is 0.531. The van der Waals surface area contributed by atoms with Gasteiger partial charge in [0.25, 0.3) is 0 Å². The van der Waals surface area contributed by atoms with Gasteiger partial charge >= 0.3 is 5.63 Å². The number of hydrogen-bond donors (Lipinski definition) is 2. The van der Waals surface area contributed by atoms with E-state index in [1.807, 2.05) is 24.3 Å². The number of aromatic hydroxyl groups is 1. The average Bonchev–Trinajstić information content (AvgIpc) is 2.63. The van der Waals surface area contributed by atoms with Gasteiger partial charge in [-0.15, -0.1) is 0 Å². The van der Waals surface area contributed by atoms with Crippen LogP contribution in [0.5, 0.6) is 5.75 Å². The first-order valence-electron chi connectivity index (χ1n) is 8.45. The Hall–Kier alpha value is -2.86. The Kier molecular flexibility index (Phi) is 5.23. The Morgan fingerprint density at radius 2 is 1.81 bits per heavy atom. The van der Waals surface area contributed by atoms with Crippen molar-refractivity contribution in [2.24, 2.45) is 0 Å². The van der Waals surface area contributed by atoms with Gasteiger partial charge in [-0.3, -0.25) is 0 Å². The molecule has 0 atom stereocenters. The zero-order valence-corrected chi connectivity index (χ0v) is 15.5. The maximum atomic E-state index is 12.3. The van der Waals surface area contributed by atoms with E-state index in [2.05, 4.69) is 24.1 Å². The zero-order chi connectivity index (χ0) is 18.7. The summed E-state index contributed by atoms with van der Waals surface area (Å²) < 4.78 is 5.32. The monoisotopic (exact) mass is 368 g/mol. The van der Waals surface area contributed by atoms with Crippen LogP contribution in [-0.4, -0.2) is 28.2 Å². The van der Waals surface area contributed by atoms with Gasteiger partial charge in [-0.2, -0.15) is 0 Å². The van der Waals surface area contributed by atoms with E-state index in [1.54, 1.807) is 18.2 Å². The summed E-state index contributed by atoms with van der Waals surface area (Å²) in [5.74, 6) is 0.0630. The van der Waals surface area contributed by atoms with Crippen LogP contribution < -0.4 is 10.9 Å². The minimum Gasteiger partial charge on any atom is -0.508 e. The normalized spacial score (nSPS) is 10.7. The van der Waals surface area contributed by atoms with Crippen LogP contribution in [0.2, 0.25) is 0 Å². The standard InChI is InChI=1S/C20H20N2O3S/c1-3-22(4-2)20(26)21-15-8-5-13(6-9-15)17-11-14-7-10-16(23)12-18(14)25-19(17)24/h5-12,23H,3-4H2,1-2H3,(H,21,26). The second-order valence-electron chi connectivity index (χ2n) is 5.85. The van der Waals surface area contributed by atoms with Crippen LogP contribution >= 0.6 is 12.2 Å². The van der Waals surface area contributed by atoms with Crippen molar-refractivity contribution < 1.29 is 9.52 Å². The van der Waals surface area contributed by atoms with Crippen molar-refractivity contribution in [1.82, 2.24) is 4.90 Å². The molecule has 0 aliphatic rings. The van der Waals surface area contributed by atoms with Gasteiger partial charge in [-0.05, 0) is 62.0 Å². The summed E-state index contributed by atoms with van der Waals surface area (Å²) >= 11 is 5.40. The molecule has 0 amide bonds. The van der Waals surface area contributed by atoms with Crippen LogP contribution in [-0.2, 0) is 0 Å². The summed E-state index contributed by atoms with van der Waals surface area (Å²) in [7, 11) is 0. The molecule has 26 heavy (non-hydrogen) atoms. The van der Waals surface area contributed by atoms with E-state index in [-0.39, 0.29) is 5.75 Å². The molecule has 0 saturated heterocycles.